The zero-order valence-corrected chi connectivity index (χ0v) is 13.6. The minimum atomic E-state index is -3.53. The maximum Gasteiger partial charge on any atom is 0.244 e. The first kappa shape index (κ1) is 17.1. The zero-order chi connectivity index (χ0) is 15.3. The maximum absolute atomic E-state index is 12.3. The molecule has 1 heterocycles. The first-order valence-electron chi connectivity index (χ1n) is 6.68. The fraction of sp³-hybridized carbons (Fsp3) is 0.750. The molecule has 0 aliphatic heterocycles. The molecule has 0 saturated heterocycles. The Kier molecular flexibility index (Phi) is 6.12. The van der Waals surface area contributed by atoms with Crippen LogP contribution in [0.25, 0.3) is 0 Å². The number of nitrogens with one attached hydrogen (secondary N) is 3. The van der Waals surface area contributed by atoms with Crippen molar-refractivity contribution in [2.75, 3.05) is 27.2 Å². The minimum absolute atomic E-state index is 0.249. The molecular formula is C12H25N5O2S. The molecule has 3 N–H and O–H groups in total. The van der Waals surface area contributed by atoms with Crippen LogP contribution in [0.1, 0.15) is 25.2 Å². The predicted molar refractivity (Wildman–Crippen MR) is 79.0 cm³/mol. The van der Waals surface area contributed by atoms with Gasteiger partial charge < -0.3 is 10.2 Å². The summed E-state index contributed by atoms with van der Waals surface area (Å²) in [6.07, 6.45) is 0. The van der Waals surface area contributed by atoms with Crippen LogP contribution in [-0.2, 0) is 16.6 Å². The highest BCUT2D eigenvalue weighted by molar-refractivity contribution is 7.89. The van der Waals surface area contributed by atoms with Crippen LogP contribution >= 0.6 is 0 Å². The standard InChI is InChI=1S/C12H25N5O2S/c1-9(2)17(5)7-6-14-20(18,19)12-10(3)15-16-11(12)8-13-4/h9,13-14H,6-8H2,1-5H3,(H,15,16). The molecule has 1 aromatic heterocycles. The lowest BCUT2D eigenvalue weighted by Crippen LogP contribution is -2.36. The van der Waals surface area contributed by atoms with Crippen molar-refractivity contribution in [3.05, 3.63) is 11.4 Å². The van der Waals surface area contributed by atoms with Crippen molar-refractivity contribution in [3.8, 4) is 0 Å². The molecule has 0 unspecified atom stereocenters. The van der Waals surface area contributed by atoms with E-state index in [1.807, 2.05) is 7.05 Å². The fourth-order valence-electron chi connectivity index (χ4n) is 1.80. The molecule has 7 nitrogen and oxygen atoms in total. The molecule has 0 aromatic carbocycles. The molecule has 20 heavy (non-hydrogen) atoms. The number of hydrogen-bond donors (Lipinski definition) is 3. The number of aryl methyl sites for hydroxylation is 1. The number of sulfonamides is 1. The second-order valence-corrected chi connectivity index (χ2v) is 6.83. The molecule has 116 valence electrons. The highest BCUT2D eigenvalue weighted by atomic mass is 32.2. The van der Waals surface area contributed by atoms with Crippen molar-refractivity contribution >= 4 is 10.0 Å². The van der Waals surface area contributed by atoms with E-state index in [4.69, 9.17) is 0 Å². The average Bonchev–Trinajstić information content (AvgIpc) is 2.71. The van der Waals surface area contributed by atoms with Crippen LogP contribution in [-0.4, -0.2) is 56.7 Å². The van der Waals surface area contributed by atoms with Gasteiger partial charge in [0.2, 0.25) is 10.0 Å². The van der Waals surface area contributed by atoms with Crippen LogP contribution in [0, 0.1) is 6.92 Å². The van der Waals surface area contributed by atoms with E-state index in [0.29, 0.717) is 37.1 Å². The van der Waals surface area contributed by atoms with Gasteiger partial charge in [0.15, 0.2) is 0 Å². The molecule has 0 aliphatic carbocycles. The molecule has 8 heteroatoms. The van der Waals surface area contributed by atoms with E-state index in [1.165, 1.54) is 0 Å². The number of nitrogens with zero attached hydrogens (tertiary/aromatic N) is 2. The van der Waals surface area contributed by atoms with E-state index in [2.05, 4.69) is 39.0 Å². The van der Waals surface area contributed by atoms with Crippen molar-refractivity contribution in [1.29, 1.82) is 0 Å². The SMILES string of the molecule is CNCc1n[nH]c(C)c1S(=O)(=O)NCCN(C)C(C)C. The first-order valence-corrected chi connectivity index (χ1v) is 8.16. The number of aromatic nitrogens is 2. The first-order chi connectivity index (χ1) is 9.29. The third kappa shape index (κ3) is 4.27. The van der Waals surface area contributed by atoms with Gasteiger partial charge >= 0.3 is 0 Å². The van der Waals surface area contributed by atoms with Gasteiger partial charge in [-0.1, -0.05) is 0 Å². The van der Waals surface area contributed by atoms with Crippen LogP contribution in [0.2, 0.25) is 0 Å². The van der Waals surface area contributed by atoms with Crippen molar-refractivity contribution in [1.82, 2.24) is 25.1 Å². The Balaban J connectivity index is 2.76. The molecule has 0 atom stereocenters. The fourth-order valence-corrected chi connectivity index (χ4v) is 3.18. The summed E-state index contributed by atoms with van der Waals surface area (Å²) in [5.41, 5.74) is 1.06. The summed E-state index contributed by atoms with van der Waals surface area (Å²) in [5.74, 6) is 0. The lowest BCUT2D eigenvalue weighted by Gasteiger charge is -2.20. The van der Waals surface area contributed by atoms with Gasteiger partial charge in [-0.2, -0.15) is 5.10 Å². The topological polar surface area (TPSA) is 90.1 Å². The molecule has 0 aliphatic rings. The van der Waals surface area contributed by atoms with Crippen LogP contribution in [0.15, 0.2) is 4.90 Å². The molecule has 1 aromatic rings. The summed E-state index contributed by atoms with van der Waals surface area (Å²) in [7, 11) is 0.190. The van der Waals surface area contributed by atoms with Gasteiger partial charge in [-0.05, 0) is 34.9 Å². The van der Waals surface area contributed by atoms with E-state index < -0.39 is 10.0 Å². The van der Waals surface area contributed by atoms with E-state index in [1.54, 1.807) is 14.0 Å². The smallest absolute Gasteiger partial charge is 0.244 e. The average molecular weight is 303 g/mol. The van der Waals surface area contributed by atoms with Gasteiger partial charge in [0.05, 0.1) is 11.4 Å². The molecule has 0 saturated carbocycles. The van der Waals surface area contributed by atoms with E-state index >= 15 is 0 Å². The Labute approximate surface area is 121 Å². The maximum atomic E-state index is 12.3. The molecule has 0 bridgehead atoms. The van der Waals surface area contributed by atoms with E-state index in [0.717, 1.165) is 0 Å². The van der Waals surface area contributed by atoms with Crippen molar-refractivity contribution in [2.45, 2.75) is 38.3 Å². The molecule has 0 amide bonds. The summed E-state index contributed by atoms with van der Waals surface area (Å²) in [6.45, 7) is 7.29. The Bertz CT molecular complexity index is 524. The number of aromatic amines is 1. The normalized spacial score (nSPS) is 12.6. The van der Waals surface area contributed by atoms with Gasteiger partial charge in [-0.25, -0.2) is 13.1 Å². The number of hydrogen-bond acceptors (Lipinski definition) is 5. The highest BCUT2D eigenvalue weighted by Crippen LogP contribution is 2.17. The zero-order valence-electron chi connectivity index (χ0n) is 12.8. The van der Waals surface area contributed by atoms with E-state index in [9.17, 15) is 8.42 Å². The summed E-state index contributed by atoms with van der Waals surface area (Å²) >= 11 is 0. The molecule has 0 spiro atoms. The summed E-state index contributed by atoms with van der Waals surface area (Å²) in [5, 5.41) is 9.67. The van der Waals surface area contributed by atoms with E-state index in [-0.39, 0.29) is 4.90 Å². The monoisotopic (exact) mass is 303 g/mol. The molecular weight excluding hydrogens is 278 g/mol. The summed E-state index contributed by atoms with van der Waals surface area (Å²) in [6, 6.07) is 0.384. The Morgan fingerprint density at radius 1 is 1.40 bits per heavy atom. The highest BCUT2D eigenvalue weighted by Gasteiger charge is 2.23. The van der Waals surface area contributed by atoms with Crippen molar-refractivity contribution < 1.29 is 8.42 Å². The Hall–Kier alpha value is -0.960. The van der Waals surface area contributed by atoms with Gasteiger partial charge in [-0.15, -0.1) is 0 Å². The van der Waals surface area contributed by atoms with Crippen LogP contribution in [0.5, 0.6) is 0 Å². The van der Waals surface area contributed by atoms with Gasteiger partial charge in [0.1, 0.15) is 4.90 Å². The van der Waals surface area contributed by atoms with Gasteiger partial charge in [0, 0.05) is 25.7 Å². The lowest BCUT2D eigenvalue weighted by molar-refractivity contribution is 0.278. The molecule has 0 fully saturated rings. The van der Waals surface area contributed by atoms with Crippen molar-refractivity contribution in [2.24, 2.45) is 0 Å². The number of H-pyrrole nitrogens is 1. The summed E-state index contributed by atoms with van der Waals surface area (Å²) < 4.78 is 27.3. The Morgan fingerprint density at radius 3 is 2.60 bits per heavy atom. The number of likely N-dealkylation sites (N-methyl/N-ethyl adjacent to an activating group) is 1. The molecule has 1 rings (SSSR count). The van der Waals surface area contributed by atoms with Gasteiger partial charge in [0.25, 0.3) is 0 Å². The number of rotatable bonds is 8. The third-order valence-electron chi connectivity index (χ3n) is 3.21. The van der Waals surface area contributed by atoms with Gasteiger partial charge in [-0.3, -0.25) is 5.10 Å². The molecule has 0 radical (unpaired) electrons. The quantitative estimate of drug-likeness (QED) is 0.632. The lowest BCUT2D eigenvalue weighted by atomic mass is 10.3. The van der Waals surface area contributed by atoms with Crippen LogP contribution < -0.4 is 10.0 Å². The second kappa shape index (κ2) is 7.16. The summed E-state index contributed by atoms with van der Waals surface area (Å²) in [4.78, 5) is 2.33. The van der Waals surface area contributed by atoms with Crippen LogP contribution in [0.3, 0.4) is 0 Å². The Morgan fingerprint density at radius 2 is 2.05 bits per heavy atom. The minimum Gasteiger partial charge on any atom is -0.314 e. The van der Waals surface area contributed by atoms with Crippen molar-refractivity contribution in [3.63, 3.8) is 0 Å². The largest absolute Gasteiger partial charge is 0.314 e. The van der Waals surface area contributed by atoms with Crippen LogP contribution in [0.4, 0.5) is 0 Å². The predicted octanol–water partition coefficient (Wildman–Crippen LogP) is 0.0560. The second-order valence-electron chi connectivity index (χ2n) is 5.13. The third-order valence-corrected chi connectivity index (χ3v) is 4.88.